The topological polar surface area (TPSA) is 225 Å². The molecule has 5 atom stereocenters. The Kier molecular flexibility index (Phi) is 13.6. The van der Waals surface area contributed by atoms with Gasteiger partial charge < -0.3 is 23.7 Å². The summed E-state index contributed by atoms with van der Waals surface area (Å²) in [5.41, 5.74) is -1.34. The van der Waals surface area contributed by atoms with Gasteiger partial charge >= 0.3 is 34.3 Å². The van der Waals surface area contributed by atoms with Gasteiger partial charge in [-0.15, -0.1) is 0 Å². The molecule has 1 fully saturated rings. The number of carbonyl (C=O) groups is 4. The first-order valence-corrected chi connectivity index (χ1v) is 15.6. The van der Waals surface area contributed by atoms with E-state index in [1.165, 1.54) is 0 Å². The molecule has 1 heterocycles. The van der Waals surface area contributed by atoms with Crippen molar-refractivity contribution in [1.82, 2.24) is 0 Å². The van der Waals surface area contributed by atoms with Crippen molar-refractivity contribution < 1.29 is 68.5 Å². The van der Waals surface area contributed by atoms with E-state index >= 15 is 0 Å². The second kappa shape index (κ2) is 15.3. The quantitative estimate of drug-likeness (QED) is 0.0549. The van der Waals surface area contributed by atoms with Crippen LogP contribution >= 0.6 is 11.8 Å². The molecule has 0 bridgehead atoms. The maximum absolute atomic E-state index is 11.9. The van der Waals surface area contributed by atoms with E-state index in [0.717, 1.165) is 34.0 Å². The normalized spacial score (nSPS) is 23.8. The first-order valence-electron chi connectivity index (χ1n) is 11.3. The summed E-state index contributed by atoms with van der Waals surface area (Å²) in [4.78, 5) is 47.1. The third-order valence-corrected chi connectivity index (χ3v) is 7.05. The van der Waals surface area contributed by atoms with Crippen LogP contribution in [0.15, 0.2) is 5.16 Å². The van der Waals surface area contributed by atoms with Crippen molar-refractivity contribution in [2.45, 2.75) is 76.8 Å². The van der Waals surface area contributed by atoms with Crippen molar-refractivity contribution in [2.24, 2.45) is 5.16 Å². The smallest absolute Gasteiger partial charge is 0.463 e. The van der Waals surface area contributed by atoms with Crippen LogP contribution in [0.4, 0.5) is 0 Å². The van der Waals surface area contributed by atoms with Crippen LogP contribution in [-0.2, 0) is 67.4 Å². The van der Waals surface area contributed by atoms with Gasteiger partial charge in [-0.3, -0.25) is 23.7 Å². The zero-order valence-corrected chi connectivity index (χ0v) is 24.2. The van der Waals surface area contributed by atoms with E-state index in [4.69, 9.17) is 28.2 Å². The molecule has 1 N–H and O–H groups in total. The third kappa shape index (κ3) is 14.5. The summed E-state index contributed by atoms with van der Waals surface area (Å²) in [6.07, 6.45) is -4.34. The second-order valence-electron chi connectivity index (χ2n) is 8.26. The molecule has 16 nitrogen and oxygen atoms in total. The van der Waals surface area contributed by atoms with Crippen molar-refractivity contribution in [3.05, 3.63) is 0 Å². The van der Waals surface area contributed by atoms with Crippen molar-refractivity contribution in [3.8, 4) is 0 Å². The molecule has 0 saturated carbocycles. The van der Waals surface area contributed by atoms with Crippen LogP contribution in [0.3, 0.4) is 0 Å². The summed E-state index contributed by atoms with van der Waals surface area (Å²) in [5.74, 6) is -3.42. The van der Waals surface area contributed by atoms with Crippen LogP contribution < -0.4 is 0 Å². The Bertz CT molecular complexity index is 1140. The summed E-state index contributed by atoms with van der Waals surface area (Å²) in [5, 5.41) is 3.23. The molecule has 0 aromatic rings. The molecule has 0 spiro atoms. The molecular formula is C20H31NO15S3. The van der Waals surface area contributed by atoms with Gasteiger partial charge in [-0.05, 0) is 19.3 Å². The van der Waals surface area contributed by atoms with Crippen LogP contribution in [-0.4, -0.2) is 98.8 Å². The molecule has 0 aliphatic carbocycles. The van der Waals surface area contributed by atoms with Gasteiger partial charge in [0, 0.05) is 39.7 Å². The predicted molar refractivity (Wildman–Crippen MR) is 133 cm³/mol. The standard InChI is InChI=1S/C20H31NO15S3/c1-11(22)31-10-15-17(32-12(2)23)18(33-13(3)24)19(34-14(4)25)20(35-15)37-16(21-36-39(28,29)30)8-6-7-9-38(5,26)27/h15,17-20H,6-10H2,1-5H3,(H,28,29,30). The van der Waals surface area contributed by atoms with Gasteiger partial charge in [0.15, 0.2) is 18.3 Å². The highest BCUT2D eigenvalue weighted by molar-refractivity contribution is 8.14. The number of rotatable bonds is 13. The van der Waals surface area contributed by atoms with Crippen LogP contribution in [0, 0.1) is 0 Å². The molecule has 1 rings (SSSR count). The third-order valence-electron chi connectivity index (χ3n) is 4.59. The summed E-state index contributed by atoms with van der Waals surface area (Å²) in [6.45, 7) is 3.76. The van der Waals surface area contributed by atoms with Gasteiger partial charge in [0.2, 0.25) is 0 Å². The van der Waals surface area contributed by atoms with Crippen molar-refractivity contribution >= 4 is 60.9 Å². The van der Waals surface area contributed by atoms with E-state index in [2.05, 4.69) is 9.44 Å². The minimum atomic E-state index is -5.03. The number of sulfone groups is 1. The fraction of sp³-hybridized carbons (Fsp3) is 0.750. The molecule has 19 heteroatoms. The lowest BCUT2D eigenvalue weighted by atomic mass is 9.99. The van der Waals surface area contributed by atoms with E-state index in [1.807, 2.05) is 0 Å². The molecule has 1 aliphatic rings. The van der Waals surface area contributed by atoms with Crippen molar-refractivity contribution in [1.29, 1.82) is 0 Å². The fourth-order valence-electron chi connectivity index (χ4n) is 3.27. The van der Waals surface area contributed by atoms with Gasteiger partial charge in [0.1, 0.15) is 33.0 Å². The van der Waals surface area contributed by atoms with E-state index < -0.39 is 80.6 Å². The lowest BCUT2D eigenvalue weighted by Crippen LogP contribution is -2.61. The fourth-order valence-corrected chi connectivity index (χ4v) is 5.39. The number of esters is 4. The molecule has 1 saturated heterocycles. The largest absolute Gasteiger partial charge is 0.466 e. The Morgan fingerprint density at radius 3 is 1.87 bits per heavy atom. The Hall–Kier alpha value is -2.48. The second-order valence-corrected chi connectivity index (χ2v) is 12.7. The first kappa shape index (κ1) is 34.5. The minimum Gasteiger partial charge on any atom is -0.463 e. The number of carbonyl (C=O) groups excluding carboxylic acids is 4. The summed E-state index contributed by atoms with van der Waals surface area (Å²) in [6, 6.07) is 0. The van der Waals surface area contributed by atoms with E-state index in [1.54, 1.807) is 0 Å². The molecule has 224 valence electrons. The lowest BCUT2D eigenvalue weighted by Gasteiger charge is -2.44. The van der Waals surface area contributed by atoms with Gasteiger partial charge in [0.05, 0.1) is 0 Å². The molecule has 0 radical (unpaired) electrons. The minimum absolute atomic E-state index is 0.0808. The number of unbranched alkanes of at least 4 members (excludes halogenated alkanes) is 1. The SMILES string of the molecule is CC(=O)OCC1OC(SC(CCCCS(C)(=O)=O)=NOS(=O)(=O)O)C(OC(C)=O)C(OC(C)=O)C1OC(C)=O. The maximum atomic E-state index is 11.9. The van der Waals surface area contributed by atoms with E-state index in [9.17, 15) is 36.0 Å². The van der Waals surface area contributed by atoms with Gasteiger partial charge in [-0.25, -0.2) is 12.7 Å². The number of hydrogen-bond donors (Lipinski definition) is 1. The summed E-state index contributed by atoms with van der Waals surface area (Å²) in [7, 11) is -8.32. The zero-order chi connectivity index (χ0) is 30.0. The number of thioether (sulfide) groups is 1. The van der Waals surface area contributed by atoms with E-state index in [0.29, 0.717) is 11.8 Å². The Labute approximate surface area is 229 Å². The van der Waals surface area contributed by atoms with Crippen LogP contribution in [0.2, 0.25) is 0 Å². The Morgan fingerprint density at radius 2 is 1.38 bits per heavy atom. The van der Waals surface area contributed by atoms with Gasteiger partial charge in [-0.2, -0.15) is 8.42 Å². The Morgan fingerprint density at radius 1 is 0.846 bits per heavy atom. The number of nitrogens with zero attached hydrogens (tertiary/aromatic N) is 1. The maximum Gasteiger partial charge on any atom is 0.466 e. The van der Waals surface area contributed by atoms with Gasteiger partial charge in [-0.1, -0.05) is 16.9 Å². The van der Waals surface area contributed by atoms with Crippen molar-refractivity contribution in [2.75, 3.05) is 18.6 Å². The molecule has 0 aromatic carbocycles. The highest BCUT2D eigenvalue weighted by atomic mass is 32.3. The lowest BCUT2D eigenvalue weighted by molar-refractivity contribution is -0.237. The molecular weight excluding hydrogens is 590 g/mol. The Balaban J connectivity index is 3.44. The summed E-state index contributed by atoms with van der Waals surface area (Å²) < 4.78 is 84.9. The number of hydrogen-bond acceptors (Lipinski definition) is 16. The highest BCUT2D eigenvalue weighted by Crippen LogP contribution is 2.36. The number of ether oxygens (including phenoxy) is 5. The molecule has 0 aromatic heterocycles. The van der Waals surface area contributed by atoms with Crippen molar-refractivity contribution in [3.63, 3.8) is 0 Å². The van der Waals surface area contributed by atoms with Crippen LogP contribution in [0.1, 0.15) is 47.0 Å². The average molecular weight is 622 g/mol. The van der Waals surface area contributed by atoms with Crippen LogP contribution in [0.25, 0.3) is 0 Å². The van der Waals surface area contributed by atoms with E-state index in [-0.39, 0.29) is 30.1 Å². The van der Waals surface area contributed by atoms with Crippen LogP contribution in [0.5, 0.6) is 0 Å². The van der Waals surface area contributed by atoms with Gasteiger partial charge in [0.25, 0.3) is 0 Å². The predicted octanol–water partition coefficient (Wildman–Crippen LogP) is 0.151. The number of oxime groups is 1. The average Bonchev–Trinajstić information content (AvgIpc) is 2.75. The monoisotopic (exact) mass is 621 g/mol. The molecule has 5 unspecified atom stereocenters. The first-order chi connectivity index (χ1) is 17.9. The highest BCUT2D eigenvalue weighted by Gasteiger charge is 2.52. The molecule has 0 amide bonds. The zero-order valence-electron chi connectivity index (χ0n) is 21.8. The summed E-state index contributed by atoms with van der Waals surface area (Å²) >= 11 is 0.632. The molecule has 39 heavy (non-hydrogen) atoms. The molecule has 1 aliphatic heterocycles.